The Morgan fingerprint density at radius 3 is 2.58 bits per heavy atom. The van der Waals surface area contributed by atoms with Crippen LogP contribution in [0.3, 0.4) is 0 Å². The molecular weight excluding hydrogens is 400 g/mol. The van der Waals surface area contributed by atoms with Crippen molar-refractivity contribution < 1.29 is 29.0 Å². The molecular formula is C23H30N2O6. The number of phenolic OH excluding ortho intramolecular Hbond substituents is 1. The molecule has 2 amide bonds. The Bertz CT molecular complexity index is 873. The van der Waals surface area contributed by atoms with E-state index in [4.69, 9.17) is 9.47 Å². The molecule has 2 fully saturated rings. The summed E-state index contributed by atoms with van der Waals surface area (Å²) >= 11 is 0. The van der Waals surface area contributed by atoms with E-state index < -0.39 is 11.7 Å². The van der Waals surface area contributed by atoms with E-state index in [1.54, 1.807) is 18.2 Å². The van der Waals surface area contributed by atoms with Crippen LogP contribution in [0.5, 0.6) is 11.5 Å². The maximum Gasteiger partial charge on any atom is 0.417 e. The van der Waals surface area contributed by atoms with Crippen LogP contribution in [0, 0.1) is 0 Å². The van der Waals surface area contributed by atoms with Crippen LogP contribution < -0.4 is 4.74 Å². The van der Waals surface area contributed by atoms with Gasteiger partial charge in [-0.25, -0.2) is 9.69 Å². The van der Waals surface area contributed by atoms with E-state index in [-0.39, 0.29) is 23.0 Å². The average Bonchev–Trinajstić information content (AvgIpc) is 3.05. The van der Waals surface area contributed by atoms with Crippen LogP contribution in [-0.2, 0) is 16.0 Å². The Morgan fingerprint density at radius 1 is 1.29 bits per heavy atom. The predicted octanol–water partition coefficient (Wildman–Crippen LogP) is 2.93. The highest BCUT2D eigenvalue weighted by Crippen LogP contribution is 2.34. The molecule has 0 atom stereocenters. The van der Waals surface area contributed by atoms with Crippen molar-refractivity contribution in [1.29, 1.82) is 0 Å². The molecule has 168 valence electrons. The Kier molecular flexibility index (Phi) is 7.00. The summed E-state index contributed by atoms with van der Waals surface area (Å²) in [7, 11) is 0. The molecule has 3 rings (SSSR count). The minimum Gasteiger partial charge on any atom is -0.507 e. The number of phenols is 1. The molecule has 2 aliphatic rings. The van der Waals surface area contributed by atoms with Crippen LogP contribution in [0.25, 0.3) is 0 Å². The first kappa shape index (κ1) is 22.8. The number of ether oxygens (including phenoxy) is 2. The van der Waals surface area contributed by atoms with Gasteiger partial charge < -0.3 is 19.5 Å². The van der Waals surface area contributed by atoms with Gasteiger partial charge in [0, 0.05) is 45.0 Å². The van der Waals surface area contributed by atoms with Crippen molar-refractivity contribution in [2.75, 3.05) is 32.8 Å². The number of likely N-dealkylation sites (tertiary alicyclic amines) is 1. The lowest BCUT2D eigenvalue weighted by Gasteiger charge is -2.37. The smallest absolute Gasteiger partial charge is 0.417 e. The molecule has 1 N–H and O–H groups in total. The lowest BCUT2D eigenvalue weighted by molar-refractivity contribution is -0.125. The largest absolute Gasteiger partial charge is 0.507 e. The van der Waals surface area contributed by atoms with Crippen molar-refractivity contribution >= 4 is 17.8 Å². The van der Waals surface area contributed by atoms with E-state index >= 15 is 0 Å². The van der Waals surface area contributed by atoms with Crippen molar-refractivity contribution in [3.05, 3.63) is 35.9 Å². The molecule has 31 heavy (non-hydrogen) atoms. The van der Waals surface area contributed by atoms with Crippen LogP contribution >= 0.6 is 0 Å². The fourth-order valence-electron chi connectivity index (χ4n) is 4.16. The van der Waals surface area contributed by atoms with Crippen LogP contribution in [-0.4, -0.2) is 71.1 Å². The normalized spacial score (nSPS) is 18.1. The molecule has 1 aromatic rings. The average molecular weight is 431 g/mol. The molecule has 2 saturated heterocycles. The number of hydrogen-bond donors (Lipinski definition) is 1. The Labute approximate surface area is 182 Å². The van der Waals surface area contributed by atoms with Crippen molar-refractivity contribution in [1.82, 2.24) is 9.80 Å². The number of aromatic hydroxyl groups is 1. The van der Waals surface area contributed by atoms with Gasteiger partial charge >= 0.3 is 6.09 Å². The fourth-order valence-corrected chi connectivity index (χ4v) is 4.16. The van der Waals surface area contributed by atoms with Gasteiger partial charge in [0.05, 0.1) is 18.7 Å². The second kappa shape index (κ2) is 9.51. The van der Waals surface area contributed by atoms with Crippen molar-refractivity contribution in [2.24, 2.45) is 0 Å². The third-order valence-corrected chi connectivity index (χ3v) is 5.96. The summed E-state index contributed by atoms with van der Waals surface area (Å²) in [6.07, 6.45) is 3.73. The number of ketones is 1. The molecule has 8 nitrogen and oxygen atoms in total. The molecule has 0 aliphatic carbocycles. The molecule has 0 saturated carbocycles. The third kappa shape index (κ3) is 5.07. The third-order valence-electron chi connectivity index (χ3n) is 5.96. The lowest BCUT2D eigenvalue weighted by Crippen LogP contribution is -2.47. The number of carbonyl (C=O) groups excluding carboxylic acids is 3. The second-order valence-electron chi connectivity index (χ2n) is 8.19. The van der Waals surface area contributed by atoms with Gasteiger partial charge in [-0.15, -0.1) is 6.58 Å². The minimum atomic E-state index is -0.550. The lowest BCUT2D eigenvalue weighted by atomic mass is 9.91. The zero-order valence-corrected chi connectivity index (χ0v) is 18.2. The number of piperidine rings is 1. The minimum absolute atomic E-state index is 0.0445. The number of benzene rings is 1. The Hall–Kier alpha value is -2.87. The van der Waals surface area contributed by atoms with Gasteiger partial charge in [0.1, 0.15) is 17.1 Å². The number of imide groups is 1. The number of nitrogens with zero attached hydrogens (tertiary/aromatic N) is 2. The highest BCUT2D eigenvalue weighted by molar-refractivity contribution is 5.97. The van der Waals surface area contributed by atoms with Gasteiger partial charge in [-0.3, -0.25) is 9.59 Å². The van der Waals surface area contributed by atoms with E-state index in [1.807, 2.05) is 0 Å². The van der Waals surface area contributed by atoms with Gasteiger partial charge in [-0.2, -0.15) is 0 Å². The van der Waals surface area contributed by atoms with Gasteiger partial charge in [0.25, 0.3) is 0 Å². The van der Waals surface area contributed by atoms with Crippen LogP contribution in [0.1, 0.15) is 49.0 Å². The van der Waals surface area contributed by atoms with Crippen molar-refractivity contribution in [3.8, 4) is 11.5 Å². The number of rotatable bonds is 8. The van der Waals surface area contributed by atoms with Crippen molar-refractivity contribution in [3.63, 3.8) is 0 Å². The molecule has 2 heterocycles. The standard InChI is InChI=1S/C23H30N2O6/c1-4-6-19-20(8-7-18(16(2)26)21(19)28)30-14-5-11-24-12-9-23(10-13-24)15-25(17(3)27)22(29)31-23/h4,7-8,28H,1,5-6,9-15H2,2-3H3. The molecule has 0 bridgehead atoms. The summed E-state index contributed by atoms with van der Waals surface area (Å²) in [5.41, 5.74) is 0.300. The van der Waals surface area contributed by atoms with E-state index in [0.717, 1.165) is 26.1 Å². The quantitative estimate of drug-likeness (QED) is 0.385. The number of Topliss-reactive ketones (excluding diaryl/α,β-unsaturated/α-hetero) is 1. The first-order valence-corrected chi connectivity index (χ1v) is 10.6. The zero-order valence-electron chi connectivity index (χ0n) is 18.2. The molecule has 0 radical (unpaired) electrons. The summed E-state index contributed by atoms with van der Waals surface area (Å²) in [6, 6.07) is 3.30. The molecule has 8 heteroatoms. The van der Waals surface area contributed by atoms with E-state index in [2.05, 4.69) is 11.5 Å². The molecule has 2 aliphatic heterocycles. The number of carbonyl (C=O) groups is 3. The maximum absolute atomic E-state index is 11.9. The van der Waals surface area contributed by atoms with E-state index in [1.165, 1.54) is 18.7 Å². The SMILES string of the molecule is C=CCc1c(OCCCN2CCC3(CC2)CN(C(C)=O)C(=O)O3)ccc(C(C)=O)c1O. The van der Waals surface area contributed by atoms with Gasteiger partial charge in [0.15, 0.2) is 5.78 Å². The van der Waals surface area contributed by atoms with Crippen LogP contribution in [0.4, 0.5) is 4.79 Å². The molecule has 0 unspecified atom stereocenters. The summed E-state index contributed by atoms with van der Waals surface area (Å²) in [6.45, 7) is 9.71. The van der Waals surface area contributed by atoms with Crippen LogP contribution in [0.2, 0.25) is 0 Å². The Balaban J connectivity index is 1.48. The first-order valence-electron chi connectivity index (χ1n) is 10.6. The van der Waals surface area contributed by atoms with Gasteiger partial charge in [-0.05, 0) is 31.9 Å². The predicted molar refractivity (Wildman–Crippen MR) is 114 cm³/mol. The van der Waals surface area contributed by atoms with Crippen molar-refractivity contribution in [2.45, 2.75) is 45.1 Å². The summed E-state index contributed by atoms with van der Waals surface area (Å²) in [4.78, 5) is 38.5. The molecule has 1 aromatic carbocycles. The number of allylic oxidation sites excluding steroid dienone is 1. The number of amides is 2. The molecule has 0 aromatic heterocycles. The summed E-state index contributed by atoms with van der Waals surface area (Å²) in [5.74, 6) is 0.0374. The highest BCUT2D eigenvalue weighted by atomic mass is 16.6. The van der Waals surface area contributed by atoms with Gasteiger partial charge in [0.2, 0.25) is 5.91 Å². The van der Waals surface area contributed by atoms with Gasteiger partial charge in [-0.1, -0.05) is 6.08 Å². The number of hydrogen-bond acceptors (Lipinski definition) is 7. The topological polar surface area (TPSA) is 96.4 Å². The van der Waals surface area contributed by atoms with E-state index in [0.29, 0.717) is 43.7 Å². The molecule has 1 spiro atoms. The zero-order chi connectivity index (χ0) is 22.6. The Morgan fingerprint density at radius 2 is 2.00 bits per heavy atom. The monoisotopic (exact) mass is 430 g/mol. The van der Waals surface area contributed by atoms with Crippen LogP contribution in [0.15, 0.2) is 24.8 Å². The van der Waals surface area contributed by atoms with E-state index in [9.17, 15) is 19.5 Å². The first-order chi connectivity index (χ1) is 14.8. The highest BCUT2D eigenvalue weighted by Gasteiger charge is 2.48. The summed E-state index contributed by atoms with van der Waals surface area (Å²) < 4.78 is 11.4. The second-order valence-corrected chi connectivity index (χ2v) is 8.19. The maximum atomic E-state index is 11.9. The fraction of sp³-hybridized carbons (Fsp3) is 0.522. The summed E-state index contributed by atoms with van der Waals surface area (Å²) in [5, 5.41) is 10.4.